The largest absolute Gasteiger partial charge is 0.494 e. The normalized spacial score (nSPS) is 15.5. The van der Waals surface area contributed by atoms with Crippen molar-refractivity contribution in [3.63, 3.8) is 0 Å². The van der Waals surface area contributed by atoms with Crippen LogP contribution >= 0.6 is 0 Å². The van der Waals surface area contributed by atoms with E-state index in [4.69, 9.17) is 24.3 Å². The molecule has 268 valence electrons. The fourth-order valence-corrected chi connectivity index (χ4v) is 6.48. The average Bonchev–Trinajstić information content (AvgIpc) is 3.36. The summed E-state index contributed by atoms with van der Waals surface area (Å²) in [7, 11) is -0.440. The Hall–Kier alpha value is -4.91. The van der Waals surface area contributed by atoms with Crippen LogP contribution in [0.15, 0.2) is 121 Å². The molecule has 0 N–H and O–H groups in total. The highest BCUT2D eigenvalue weighted by Crippen LogP contribution is 2.37. The highest BCUT2D eigenvalue weighted by molar-refractivity contribution is 6.62. The van der Waals surface area contributed by atoms with E-state index in [2.05, 4.69) is 166 Å². The SMILES string of the molecule is CC(C)(C)c1ccc(-c2ccc(-c3nc(-c4ccc(B5OC(C)(C)C(C)(C)O5)cc4)nc(-c4ccc(-c5ccc(C(C)(C)C)cc5)cc4)n3)cc2)cc1. The molecule has 0 amide bonds. The second-order valence-electron chi connectivity index (χ2n) is 17.3. The number of hydrogen-bond donors (Lipinski definition) is 0. The van der Waals surface area contributed by atoms with Crippen LogP contribution in [0.1, 0.15) is 80.4 Å². The molecule has 6 aromatic rings. The van der Waals surface area contributed by atoms with Crippen LogP contribution in [0.3, 0.4) is 0 Å². The molecule has 1 saturated heterocycles. The van der Waals surface area contributed by atoms with Gasteiger partial charge in [-0.15, -0.1) is 0 Å². The lowest BCUT2D eigenvalue weighted by Crippen LogP contribution is -2.41. The van der Waals surface area contributed by atoms with E-state index in [1.807, 2.05) is 24.3 Å². The predicted molar refractivity (Wildman–Crippen MR) is 220 cm³/mol. The fourth-order valence-electron chi connectivity index (χ4n) is 6.48. The molecule has 0 unspecified atom stereocenters. The first-order valence-electron chi connectivity index (χ1n) is 18.6. The first-order chi connectivity index (χ1) is 25.0. The maximum Gasteiger partial charge on any atom is 0.494 e. The zero-order valence-corrected chi connectivity index (χ0v) is 32.8. The molecule has 0 spiro atoms. The molecule has 1 fully saturated rings. The van der Waals surface area contributed by atoms with E-state index < -0.39 is 18.3 Å². The van der Waals surface area contributed by atoms with Gasteiger partial charge >= 0.3 is 7.12 Å². The molecule has 5 aromatic carbocycles. The summed E-state index contributed by atoms with van der Waals surface area (Å²) in [4.78, 5) is 15.1. The molecular formula is C47H50BN3O2. The van der Waals surface area contributed by atoms with E-state index in [1.54, 1.807) is 0 Å². The summed E-state index contributed by atoms with van der Waals surface area (Å²) in [6, 6.07) is 42.8. The second-order valence-corrected chi connectivity index (χ2v) is 17.3. The number of hydrogen-bond acceptors (Lipinski definition) is 5. The zero-order chi connectivity index (χ0) is 37.8. The summed E-state index contributed by atoms with van der Waals surface area (Å²) in [5.41, 5.74) is 10.4. The third-order valence-electron chi connectivity index (χ3n) is 10.8. The van der Waals surface area contributed by atoms with Gasteiger partial charge in [-0.2, -0.15) is 0 Å². The lowest BCUT2D eigenvalue weighted by molar-refractivity contribution is 0.00578. The first-order valence-corrected chi connectivity index (χ1v) is 18.6. The van der Waals surface area contributed by atoms with E-state index in [-0.39, 0.29) is 10.8 Å². The van der Waals surface area contributed by atoms with Crippen molar-refractivity contribution in [1.29, 1.82) is 0 Å². The lowest BCUT2D eigenvalue weighted by Gasteiger charge is -2.32. The second kappa shape index (κ2) is 13.5. The molecule has 0 aliphatic carbocycles. The number of benzene rings is 5. The first kappa shape index (κ1) is 36.5. The molecule has 0 bridgehead atoms. The number of rotatable bonds is 6. The Morgan fingerprint density at radius 3 is 0.906 bits per heavy atom. The van der Waals surface area contributed by atoms with Crippen molar-refractivity contribution in [2.75, 3.05) is 0 Å². The van der Waals surface area contributed by atoms with Gasteiger partial charge in [-0.3, -0.25) is 0 Å². The summed E-state index contributed by atoms with van der Waals surface area (Å²) in [6.45, 7) is 21.7. The molecule has 6 heteroatoms. The van der Waals surface area contributed by atoms with E-state index in [9.17, 15) is 0 Å². The van der Waals surface area contributed by atoms with Gasteiger partial charge in [-0.25, -0.2) is 15.0 Å². The summed E-state index contributed by atoms with van der Waals surface area (Å²) in [6.07, 6.45) is 0. The van der Waals surface area contributed by atoms with E-state index in [0.717, 1.165) is 33.3 Å². The molecular weight excluding hydrogens is 649 g/mol. The van der Waals surface area contributed by atoms with Crippen LogP contribution in [0, 0.1) is 0 Å². The molecule has 7 rings (SSSR count). The van der Waals surface area contributed by atoms with E-state index in [0.29, 0.717) is 17.5 Å². The number of aromatic nitrogens is 3. The van der Waals surface area contributed by atoms with Crippen LogP contribution in [-0.2, 0) is 20.1 Å². The van der Waals surface area contributed by atoms with Crippen molar-refractivity contribution in [1.82, 2.24) is 15.0 Å². The minimum Gasteiger partial charge on any atom is -0.399 e. The molecule has 0 saturated carbocycles. The summed E-state index contributed by atoms with van der Waals surface area (Å²) >= 11 is 0. The van der Waals surface area contributed by atoms with Crippen molar-refractivity contribution in [3.8, 4) is 56.4 Å². The van der Waals surface area contributed by atoms with Gasteiger partial charge in [0.25, 0.3) is 0 Å². The Bertz CT molecular complexity index is 2080. The van der Waals surface area contributed by atoms with E-state index in [1.165, 1.54) is 22.3 Å². The van der Waals surface area contributed by atoms with Gasteiger partial charge in [-0.1, -0.05) is 163 Å². The third kappa shape index (κ3) is 7.62. The van der Waals surface area contributed by atoms with Crippen molar-refractivity contribution in [2.24, 2.45) is 0 Å². The van der Waals surface area contributed by atoms with Crippen LogP contribution in [0.5, 0.6) is 0 Å². The Balaban J connectivity index is 1.23. The summed E-state index contributed by atoms with van der Waals surface area (Å²) < 4.78 is 12.6. The Labute approximate surface area is 316 Å². The average molecular weight is 700 g/mol. The molecule has 0 radical (unpaired) electrons. The van der Waals surface area contributed by atoms with Gasteiger partial charge < -0.3 is 9.31 Å². The van der Waals surface area contributed by atoms with Gasteiger partial charge in [0.05, 0.1) is 11.2 Å². The van der Waals surface area contributed by atoms with Crippen LogP contribution in [0.2, 0.25) is 0 Å². The highest BCUT2D eigenvalue weighted by Gasteiger charge is 2.51. The van der Waals surface area contributed by atoms with E-state index >= 15 is 0 Å². The lowest BCUT2D eigenvalue weighted by atomic mass is 9.79. The Kier molecular flexibility index (Phi) is 9.29. The van der Waals surface area contributed by atoms with Crippen LogP contribution in [-0.4, -0.2) is 33.3 Å². The topological polar surface area (TPSA) is 57.1 Å². The maximum absolute atomic E-state index is 6.31. The molecule has 1 aliphatic heterocycles. The molecule has 53 heavy (non-hydrogen) atoms. The van der Waals surface area contributed by atoms with Gasteiger partial charge in [0.15, 0.2) is 17.5 Å². The fraction of sp³-hybridized carbons (Fsp3) is 0.298. The van der Waals surface area contributed by atoms with Gasteiger partial charge in [-0.05, 0) is 77.4 Å². The minimum absolute atomic E-state index is 0.112. The summed E-state index contributed by atoms with van der Waals surface area (Å²) in [5.74, 6) is 1.85. The molecule has 0 atom stereocenters. The number of nitrogens with zero attached hydrogens (tertiary/aromatic N) is 3. The van der Waals surface area contributed by atoms with Crippen molar-refractivity contribution < 1.29 is 9.31 Å². The van der Waals surface area contributed by atoms with Crippen LogP contribution < -0.4 is 5.46 Å². The van der Waals surface area contributed by atoms with Crippen molar-refractivity contribution in [2.45, 2.75) is 91.3 Å². The van der Waals surface area contributed by atoms with Gasteiger partial charge in [0, 0.05) is 16.7 Å². The smallest absolute Gasteiger partial charge is 0.399 e. The minimum atomic E-state index is -0.440. The quantitative estimate of drug-likeness (QED) is 0.162. The third-order valence-corrected chi connectivity index (χ3v) is 10.8. The predicted octanol–water partition coefficient (Wildman–Crippen LogP) is 11.1. The van der Waals surface area contributed by atoms with Crippen LogP contribution in [0.4, 0.5) is 0 Å². The van der Waals surface area contributed by atoms with Crippen LogP contribution in [0.25, 0.3) is 56.4 Å². The molecule has 1 aliphatic rings. The highest BCUT2D eigenvalue weighted by atomic mass is 16.7. The Morgan fingerprint density at radius 2 is 0.623 bits per heavy atom. The maximum atomic E-state index is 6.31. The standard InChI is InChI=1S/C47H50BN3O2/c1-44(2,3)38-25-19-33(20-26-38)31-11-15-35(16-12-31)41-49-42(36-17-13-32(14-18-36)34-21-27-39(28-22-34)45(4,5)6)51-43(50-41)37-23-29-40(30-24-37)48-52-46(7,8)47(9,10)53-48/h11-30H,1-10H3. The molecule has 5 nitrogen and oxygen atoms in total. The monoisotopic (exact) mass is 699 g/mol. The zero-order valence-electron chi connectivity index (χ0n) is 32.8. The van der Waals surface area contributed by atoms with Crippen molar-refractivity contribution in [3.05, 3.63) is 132 Å². The molecule has 2 heterocycles. The van der Waals surface area contributed by atoms with Crippen molar-refractivity contribution >= 4 is 12.6 Å². The van der Waals surface area contributed by atoms with Gasteiger partial charge in [0.1, 0.15) is 0 Å². The molecule has 1 aromatic heterocycles. The Morgan fingerprint density at radius 1 is 0.377 bits per heavy atom. The van der Waals surface area contributed by atoms with Gasteiger partial charge in [0.2, 0.25) is 0 Å². The summed E-state index contributed by atoms with van der Waals surface area (Å²) in [5, 5.41) is 0.